The van der Waals surface area contributed by atoms with E-state index in [1.54, 1.807) is 12.1 Å². The summed E-state index contributed by atoms with van der Waals surface area (Å²) in [5, 5.41) is 7.78. The molecule has 1 aromatic carbocycles. The maximum absolute atomic E-state index is 11.4. The summed E-state index contributed by atoms with van der Waals surface area (Å²) in [6.45, 7) is 0.417. The van der Waals surface area contributed by atoms with Crippen LogP contribution in [0.4, 0.5) is 0 Å². The fourth-order valence-electron chi connectivity index (χ4n) is 1.48. The number of nitrogens with one attached hydrogen (secondary N) is 1. The Kier molecular flexibility index (Phi) is 3.17. The molecule has 17 heavy (non-hydrogen) atoms. The number of nitrogens with two attached hydrogens (primary N) is 1. The molecule has 1 aliphatic carbocycles. The predicted octanol–water partition coefficient (Wildman–Crippen LogP) is 0.360. The fraction of sp³-hybridized carbons (Fsp3) is 0.364. The molecule has 0 bridgehead atoms. The summed E-state index contributed by atoms with van der Waals surface area (Å²) in [5.74, 6) is 0.249. The molecule has 1 fully saturated rings. The molecule has 3 N–H and O–H groups in total. The monoisotopic (exact) mass is 254 g/mol. The molecule has 1 saturated carbocycles. The second-order valence-corrected chi connectivity index (χ2v) is 5.74. The number of carbonyl (C=O) groups excluding carboxylic acids is 1. The molecule has 0 atom stereocenters. The van der Waals surface area contributed by atoms with Gasteiger partial charge in [-0.25, -0.2) is 13.6 Å². The second kappa shape index (κ2) is 4.46. The minimum Gasteiger partial charge on any atom is -0.352 e. The summed E-state index contributed by atoms with van der Waals surface area (Å²) >= 11 is 0. The van der Waals surface area contributed by atoms with Crippen LogP contribution in [0.15, 0.2) is 29.2 Å². The van der Waals surface area contributed by atoms with Crippen LogP contribution in [0.25, 0.3) is 0 Å². The number of sulfonamides is 1. The number of primary sulfonamides is 1. The van der Waals surface area contributed by atoms with Crippen molar-refractivity contribution in [1.82, 2.24) is 5.32 Å². The van der Waals surface area contributed by atoms with E-state index in [0.717, 1.165) is 18.4 Å². The Balaban J connectivity index is 1.96. The Morgan fingerprint density at radius 1 is 1.29 bits per heavy atom. The Labute approximate surface area is 100 Å². The minimum atomic E-state index is -3.64. The SMILES string of the molecule is NS(=O)(=O)c1ccc(CNC(=O)C2CC2)cc1. The highest BCUT2D eigenvalue weighted by atomic mass is 32.2. The minimum absolute atomic E-state index is 0.0699. The van der Waals surface area contributed by atoms with Gasteiger partial charge in [-0.1, -0.05) is 12.1 Å². The molecule has 0 spiro atoms. The van der Waals surface area contributed by atoms with E-state index in [2.05, 4.69) is 5.32 Å². The lowest BCUT2D eigenvalue weighted by molar-refractivity contribution is -0.122. The van der Waals surface area contributed by atoms with Crippen LogP contribution in [-0.4, -0.2) is 14.3 Å². The average molecular weight is 254 g/mol. The largest absolute Gasteiger partial charge is 0.352 e. The van der Waals surface area contributed by atoms with Gasteiger partial charge in [0.05, 0.1) is 4.90 Å². The van der Waals surface area contributed by atoms with Crippen LogP contribution in [0, 0.1) is 5.92 Å². The van der Waals surface area contributed by atoms with Crippen LogP contribution < -0.4 is 10.5 Å². The first-order chi connectivity index (χ1) is 7.97. The summed E-state index contributed by atoms with van der Waals surface area (Å²) < 4.78 is 22.0. The van der Waals surface area contributed by atoms with E-state index in [0.29, 0.717) is 6.54 Å². The lowest BCUT2D eigenvalue weighted by Gasteiger charge is -2.05. The van der Waals surface area contributed by atoms with Crippen molar-refractivity contribution >= 4 is 15.9 Å². The first-order valence-corrected chi connectivity index (χ1v) is 6.91. The maximum Gasteiger partial charge on any atom is 0.238 e. The summed E-state index contributed by atoms with van der Waals surface area (Å²) in [6, 6.07) is 6.17. The Bertz CT molecular complexity index is 518. The van der Waals surface area contributed by atoms with E-state index in [9.17, 15) is 13.2 Å². The van der Waals surface area contributed by atoms with Crippen molar-refractivity contribution in [2.24, 2.45) is 11.1 Å². The van der Waals surface area contributed by atoms with Gasteiger partial charge in [-0.2, -0.15) is 0 Å². The third-order valence-electron chi connectivity index (χ3n) is 2.67. The molecule has 1 aromatic rings. The number of carbonyl (C=O) groups is 1. The molecule has 92 valence electrons. The molecule has 0 heterocycles. The van der Waals surface area contributed by atoms with E-state index in [1.807, 2.05) is 0 Å². The molecule has 1 amide bonds. The van der Waals surface area contributed by atoms with Crippen LogP contribution in [0.3, 0.4) is 0 Å². The third-order valence-corrected chi connectivity index (χ3v) is 3.60. The van der Waals surface area contributed by atoms with Crippen LogP contribution in [0.2, 0.25) is 0 Å². The normalized spacial score (nSPS) is 15.6. The van der Waals surface area contributed by atoms with Crippen molar-refractivity contribution < 1.29 is 13.2 Å². The van der Waals surface area contributed by atoms with Crippen molar-refractivity contribution in [1.29, 1.82) is 0 Å². The second-order valence-electron chi connectivity index (χ2n) is 4.18. The van der Waals surface area contributed by atoms with E-state index in [-0.39, 0.29) is 16.7 Å². The molecule has 0 saturated heterocycles. The van der Waals surface area contributed by atoms with Crippen LogP contribution in [0.1, 0.15) is 18.4 Å². The summed E-state index contributed by atoms with van der Waals surface area (Å²) in [7, 11) is -3.64. The molecule has 1 aliphatic rings. The summed E-state index contributed by atoms with van der Waals surface area (Å²) in [6.07, 6.45) is 1.94. The zero-order chi connectivity index (χ0) is 12.5. The zero-order valence-corrected chi connectivity index (χ0v) is 10.0. The average Bonchev–Trinajstić information content (AvgIpc) is 3.09. The Hall–Kier alpha value is -1.40. The molecule has 0 aromatic heterocycles. The number of hydrogen-bond acceptors (Lipinski definition) is 3. The van der Waals surface area contributed by atoms with Gasteiger partial charge in [0.15, 0.2) is 0 Å². The topological polar surface area (TPSA) is 89.3 Å². The van der Waals surface area contributed by atoms with Crippen molar-refractivity contribution in [3.63, 3.8) is 0 Å². The van der Waals surface area contributed by atoms with Crippen molar-refractivity contribution in [2.45, 2.75) is 24.3 Å². The smallest absolute Gasteiger partial charge is 0.238 e. The van der Waals surface area contributed by atoms with E-state index < -0.39 is 10.0 Å². The number of benzene rings is 1. The zero-order valence-electron chi connectivity index (χ0n) is 9.22. The quantitative estimate of drug-likeness (QED) is 0.813. The first kappa shape index (κ1) is 12.1. The van der Waals surface area contributed by atoms with Crippen LogP contribution >= 0.6 is 0 Å². The van der Waals surface area contributed by atoms with Gasteiger partial charge in [-0.3, -0.25) is 4.79 Å². The Morgan fingerprint density at radius 3 is 2.35 bits per heavy atom. The van der Waals surface area contributed by atoms with Gasteiger partial charge in [0, 0.05) is 12.5 Å². The van der Waals surface area contributed by atoms with Crippen molar-refractivity contribution in [3.8, 4) is 0 Å². The number of amides is 1. The summed E-state index contributed by atoms with van der Waals surface area (Å²) in [5.41, 5.74) is 0.853. The lowest BCUT2D eigenvalue weighted by atomic mass is 10.2. The molecule has 0 unspecified atom stereocenters. The molecule has 0 aliphatic heterocycles. The highest BCUT2D eigenvalue weighted by Crippen LogP contribution is 2.28. The number of rotatable bonds is 4. The standard InChI is InChI=1S/C11H14N2O3S/c12-17(15,16)10-5-1-8(2-6-10)7-13-11(14)9-3-4-9/h1-2,5-6,9H,3-4,7H2,(H,13,14)(H2,12,15,16). The molecule has 5 nitrogen and oxygen atoms in total. The molecule has 6 heteroatoms. The van der Waals surface area contributed by atoms with Crippen LogP contribution in [-0.2, 0) is 21.4 Å². The van der Waals surface area contributed by atoms with Gasteiger partial charge in [0.2, 0.25) is 15.9 Å². The van der Waals surface area contributed by atoms with E-state index in [4.69, 9.17) is 5.14 Å². The molecule has 2 rings (SSSR count). The van der Waals surface area contributed by atoms with Gasteiger partial charge in [-0.05, 0) is 30.5 Å². The lowest BCUT2D eigenvalue weighted by Crippen LogP contribution is -2.24. The van der Waals surface area contributed by atoms with Crippen LogP contribution in [0.5, 0.6) is 0 Å². The fourth-order valence-corrected chi connectivity index (χ4v) is 1.99. The van der Waals surface area contributed by atoms with Crippen molar-refractivity contribution in [2.75, 3.05) is 0 Å². The maximum atomic E-state index is 11.4. The van der Waals surface area contributed by atoms with Gasteiger partial charge >= 0.3 is 0 Å². The van der Waals surface area contributed by atoms with Gasteiger partial charge in [0.25, 0.3) is 0 Å². The first-order valence-electron chi connectivity index (χ1n) is 5.36. The third kappa shape index (κ3) is 3.28. The Morgan fingerprint density at radius 2 is 1.88 bits per heavy atom. The van der Waals surface area contributed by atoms with Crippen molar-refractivity contribution in [3.05, 3.63) is 29.8 Å². The number of hydrogen-bond donors (Lipinski definition) is 2. The highest BCUT2D eigenvalue weighted by molar-refractivity contribution is 7.89. The molecular weight excluding hydrogens is 240 g/mol. The van der Waals surface area contributed by atoms with E-state index >= 15 is 0 Å². The highest BCUT2D eigenvalue weighted by Gasteiger charge is 2.29. The van der Waals surface area contributed by atoms with Gasteiger partial charge < -0.3 is 5.32 Å². The predicted molar refractivity (Wildman–Crippen MR) is 62.4 cm³/mol. The molecule has 0 radical (unpaired) electrons. The van der Waals surface area contributed by atoms with Gasteiger partial charge in [0.1, 0.15) is 0 Å². The molecular formula is C11H14N2O3S. The van der Waals surface area contributed by atoms with E-state index in [1.165, 1.54) is 12.1 Å². The van der Waals surface area contributed by atoms with Gasteiger partial charge in [-0.15, -0.1) is 0 Å². The summed E-state index contributed by atoms with van der Waals surface area (Å²) in [4.78, 5) is 11.5.